The van der Waals surface area contributed by atoms with Crippen molar-refractivity contribution in [3.63, 3.8) is 0 Å². The molecule has 3 saturated carbocycles. The Labute approximate surface area is 146 Å². The van der Waals surface area contributed by atoms with Gasteiger partial charge in [0.05, 0.1) is 0 Å². The Balaban J connectivity index is 0.00000192. The average molecular weight is 319 g/mol. The van der Waals surface area contributed by atoms with Gasteiger partial charge in [0.15, 0.2) is 0 Å². The van der Waals surface area contributed by atoms with Gasteiger partial charge in [-0.15, -0.1) is 0 Å². The fourth-order valence-electron chi connectivity index (χ4n) is 5.36. The first-order valence-electron chi connectivity index (χ1n) is 10.4. The second kappa shape index (κ2) is 9.28. The highest BCUT2D eigenvalue weighted by Gasteiger charge is 2.29. The molecule has 0 atom stereocenters. The van der Waals surface area contributed by atoms with Crippen LogP contribution in [0, 0.1) is 35.5 Å². The smallest absolute Gasteiger partial charge is 0.0233 e. The van der Waals surface area contributed by atoms with Gasteiger partial charge >= 0.3 is 0 Å². The molecule has 0 aliphatic heterocycles. The van der Waals surface area contributed by atoms with E-state index in [4.69, 9.17) is 0 Å². The molecule has 0 amide bonds. The molecule has 134 valence electrons. The van der Waals surface area contributed by atoms with Gasteiger partial charge in [0.1, 0.15) is 0 Å². The highest BCUT2D eigenvalue weighted by atomic mass is 14.3. The van der Waals surface area contributed by atoms with E-state index in [1.54, 1.807) is 0 Å². The molecule has 0 nitrogen and oxygen atoms in total. The fraction of sp³-hybridized carbons (Fsp3) is 0.913. The molecule has 0 heterocycles. The van der Waals surface area contributed by atoms with E-state index in [2.05, 4.69) is 26.0 Å². The SMILES string of the molecule is C.CC1CCC(/C=C/C2CCC(C3CCC(C)CC3)CC2)CC1. The van der Waals surface area contributed by atoms with E-state index in [0.717, 1.165) is 35.5 Å². The molecule has 0 saturated heterocycles. The maximum Gasteiger partial charge on any atom is -0.0233 e. The minimum absolute atomic E-state index is 0. The maximum absolute atomic E-state index is 2.62. The lowest BCUT2D eigenvalue weighted by Crippen LogP contribution is -2.24. The van der Waals surface area contributed by atoms with Crippen LogP contribution >= 0.6 is 0 Å². The lowest BCUT2D eigenvalue weighted by molar-refractivity contribution is 0.160. The fourth-order valence-corrected chi connectivity index (χ4v) is 5.36. The van der Waals surface area contributed by atoms with Crippen molar-refractivity contribution < 1.29 is 0 Å². The van der Waals surface area contributed by atoms with Crippen LogP contribution in [0.25, 0.3) is 0 Å². The Morgan fingerprint density at radius 2 is 0.783 bits per heavy atom. The Bertz CT molecular complexity index is 331. The molecule has 3 aliphatic carbocycles. The van der Waals surface area contributed by atoms with Crippen molar-refractivity contribution in [1.29, 1.82) is 0 Å². The predicted molar refractivity (Wildman–Crippen MR) is 104 cm³/mol. The molecule has 3 fully saturated rings. The first kappa shape index (κ1) is 19.1. The zero-order valence-corrected chi connectivity index (χ0v) is 15.1. The third-order valence-corrected chi connectivity index (χ3v) is 7.26. The van der Waals surface area contributed by atoms with Gasteiger partial charge in [0.2, 0.25) is 0 Å². The molecule has 0 radical (unpaired) electrons. The summed E-state index contributed by atoms with van der Waals surface area (Å²) in [7, 11) is 0. The molecule has 0 aromatic heterocycles. The highest BCUT2D eigenvalue weighted by molar-refractivity contribution is 4.96. The van der Waals surface area contributed by atoms with E-state index in [1.807, 2.05) is 0 Å². The summed E-state index contributed by atoms with van der Waals surface area (Å²) in [6.45, 7) is 4.87. The lowest BCUT2D eigenvalue weighted by Gasteiger charge is -2.36. The van der Waals surface area contributed by atoms with Gasteiger partial charge in [0.25, 0.3) is 0 Å². The molecule has 0 spiro atoms. The van der Waals surface area contributed by atoms with E-state index in [9.17, 15) is 0 Å². The standard InChI is InChI=1S/C22H38.CH4/c1-17-3-7-19(8-4-17)9-10-20-11-15-22(16-12-20)21-13-5-18(2)6-14-21;/h9-10,17-22H,3-8,11-16H2,1-2H3;1H4/b10-9+;. The van der Waals surface area contributed by atoms with E-state index in [0.29, 0.717) is 0 Å². The summed E-state index contributed by atoms with van der Waals surface area (Å²) in [4.78, 5) is 0. The van der Waals surface area contributed by atoms with Crippen molar-refractivity contribution in [3.8, 4) is 0 Å². The van der Waals surface area contributed by atoms with Crippen LogP contribution in [0.1, 0.15) is 98.3 Å². The van der Waals surface area contributed by atoms with Crippen LogP contribution in [0.3, 0.4) is 0 Å². The average Bonchev–Trinajstić information content (AvgIpc) is 2.56. The summed E-state index contributed by atoms with van der Waals surface area (Å²) in [5, 5.41) is 0. The summed E-state index contributed by atoms with van der Waals surface area (Å²) in [5.74, 6) is 5.98. The van der Waals surface area contributed by atoms with Crippen molar-refractivity contribution in [2.45, 2.75) is 98.3 Å². The van der Waals surface area contributed by atoms with Crippen LogP contribution in [0.15, 0.2) is 12.2 Å². The first-order chi connectivity index (χ1) is 10.7. The third kappa shape index (κ3) is 5.64. The Morgan fingerprint density at radius 3 is 1.22 bits per heavy atom. The summed E-state index contributed by atoms with van der Waals surface area (Å²) in [6.07, 6.45) is 23.1. The summed E-state index contributed by atoms with van der Waals surface area (Å²) < 4.78 is 0. The molecular formula is C23H42. The van der Waals surface area contributed by atoms with Gasteiger partial charge in [-0.25, -0.2) is 0 Å². The monoisotopic (exact) mass is 318 g/mol. The number of hydrogen-bond donors (Lipinski definition) is 0. The van der Waals surface area contributed by atoms with Crippen molar-refractivity contribution in [2.75, 3.05) is 0 Å². The van der Waals surface area contributed by atoms with E-state index in [1.165, 1.54) is 77.0 Å². The number of rotatable bonds is 3. The van der Waals surface area contributed by atoms with E-state index >= 15 is 0 Å². The minimum atomic E-state index is 0. The highest BCUT2D eigenvalue weighted by Crippen LogP contribution is 2.41. The van der Waals surface area contributed by atoms with Gasteiger partial charge in [-0.05, 0) is 86.9 Å². The van der Waals surface area contributed by atoms with Gasteiger partial charge in [-0.1, -0.05) is 59.1 Å². The third-order valence-electron chi connectivity index (χ3n) is 7.26. The quantitative estimate of drug-likeness (QED) is 0.469. The van der Waals surface area contributed by atoms with Gasteiger partial charge in [-0.3, -0.25) is 0 Å². The molecule has 0 N–H and O–H groups in total. The second-order valence-corrected chi connectivity index (χ2v) is 9.10. The minimum Gasteiger partial charge on any atom is -0.0851 e. The number of hydrogen-bond acceptors (Lipinski definition) is 0. The van der Waals surface area contributed by atoms with Crippen LogP contribution in [0.5, 0.6) is 0 Å². The predicted octanol–water partition coefficient (Wildman–Crippen LogP) is 7.64. The Morgan fingerprint density at radius 1 is 0.478 bits per heavy atom. The molecule has 23 heavy (non-hydrogen) atoms. The van der Waals surface area contributed by atoms with Gasteiger partial charge < -0.3 is 0 Å². The van der Waals surface area contributed by atoms with Gasteiger partial charge in [0, 0.05) is 0 Å². The molecule has 3 rings (SSSR count). The zero-order valence-electron chi connectivity index (χ0n) is 15.1. The van der Waals surface area contributed by atoms with Crippen molar-refractivity contribution in [1.82, 2.24) is 0 Å². The van der Waals surface area contributed by atoms with Crippen LogP contribution in [0.2, 0.25) is 0 Å². The maximum atomic E-state index is 2.62. The van der Waals surface area contributed by atoms with Crippen LogP contribution in [0.4, 0.5) is 0 Å². The van der Waals surface area contributed by atoms with Crippen LogP contribution in [-0.4, -0.2) is 0 Å². The Hall–Kier alpha value is -0.260. The molecule has 0 heteroatoms. The summed E-state index contributed by atoms with van der Waals surface area (Å²) in [6, 6.07) is 0. The second-order valence-electron chi connectivity index (χ2n) is 9.10. The van der Waals surface area contributed by atoms with E-state index < -0.39 is 0 Å². The first-order valence-corrected chi connectivity index (χ1v) is 10.4. The normalized spacial score (nSPS) is 42.3. The molecule has 0 aromatic rings. The molecule has 0 unspecified atom stereocenters. The number of allylic oxidation sites excluding steroid dienone is 2. The molecular weight excluding hydrogens is 276 g/mol. The van der Waals surface area contributed by atoms with E-state index in [-0.39, 0.29) is 7.43 Å². The van der Waals surface area contributed by atoms with Gasteiger partial charge in [-0.2, -0.15) is 0 Å². The van der Waals surface area contributed by atoms with Crippen LogP contribution in [-0.2, 0) is 0 Å². The lowest BCUT2D eigenvalue weighted by atomic mass is 9.69. The molecule has 0 bridgehead atoms. The zero-order chi connectivity index (χ0) is 15.4. The Kier molecular flexibility index (Phi) is 7.70. The van der Waals surface area contributed by atoms with Crippen molar-refractivity contribution in [3.05, 3.63) is 12.2 Å². The molecule has 3 aliphatic rings. The summed E-state index contributed by atoms with van der Waals surface area (Å²) >= 11 is 0. The van der Waals surface area contributed by atoms with Crippen molar-refractivity contribution in [2.24, 2.45) is 35.5 Å². The summed E-state index contributed by atoms with van der Waals surface area (Å²) in [5.41, 5.74) is 0. The molecule has 0 aromatic carbocycles. The van der Waals surface area contributed by atoms with Crippen molar-refractivity contribution >= 4 is 0 Å². The topological polar surface area (TPSA) is 0 Å². The largest absolute Gasteiger partial charge is 0.0851 e. The van der Waals surface area contributed by atoms with Crippen LogP contribution < -0.4 is 0 Å².